The zero-order valence-corrected chi connectivity index (χ0v) is 10.3. The second-order valence-corrected chi connectivity index (χ2v) is 5.27. The summed E-state index contributed by atoms with van der Waals surface area (Å²) in [5.74, 6) is 0.348. The molecular weight excluding hydrogens is 204 g/mol. The second kappa shape index (κ2) is 5.64. The van der Waals surface area contributed by atoms with E-state index in [1.54, 1.807) is 0 Å². The van der Waals surface area contributed by atoms with Gasteiger partial charge in [-0.25, -0.2) is 0 Å². The Kier molecular flexibility index (Phi) is 4.74. The minimum atomic E-state index is -0.405. The Labute approximate surface area is 97.6 Å². The maximum Gasteiger partial charge on any atom is 0.224 e. The molecule has 3 unspecified atom stereocenters. The van der Waals surface area contributed by atoms with E-state index >= 15 is 0 Å². The van der Waals surface area contributed by atoms with Crippen molar-refractivity contribution in [1.29, 1.82) is 0 Å². The van der Waals surface area contributed by atoms with Crippen LogP contribution in [0, 0.1) is 11.8 Å². The molecule has 0 aromatic carbocycles. The van der Waals surface area contributed by atoms with Gasteiger partial charge in [-0.05, 0) is 18.8 Å². The smallest absolute Gasteiger partial charge is 0.224 e. The van der Waals surface area contributed by atoms with Crippen molar-refractivity contribution >= 4 is 5.91 Å². The van der Waals surface area contributed by atoms with Crippen LogP contribution in [0.2, 0.25) is 0 Å². The van der Waals surface area contributed by atoms with Gasteiger partial charge >= 0.3 is 0 Å². The number of aliphatic hydroxyl groups excluding tert-OH is 1. The third kappa shape index (κ3) is 3.19. The molecule has 0 radical (unpaired) electrons. The maximum atomic E-state index is 11.8. The van der Waals surface area contributed by atoms with Crippen molar-refractivity contribution in [3.05, 3.63) is 0 Å². The molecule has 0 heterocycles. The molecule has 1 fully saturated rings. The Bertz CT molecular complexity index is 245. The third-order valence-corrected chi connectivity index (χ3v) is 3.58. The van der Waals surface area contributed by atoms with Crippen molar-refractivity contribution < 1.29 is 9.90 Å². The summed E-state index contributed by atoms with van der Waals surface area (Å²) in [6.45, 7) is 4.36. The number of rotatable bonds is 4. The molecule has 1 amide bonds. The first-order chi connectivity index (χ1) is 7.53. The SMILES string of the molecule is CC1CCCC(CO)(NC(=O)C(C)CN)C1. The lowest BCUT2D eigenvalue weighted by Crippen LogP contribution is -2.55. The lowest BCUT2D eigenvalue weighted by molar-refractivity contribution is -0.127. The standard InChI is InChI=1S/C12H24N2O2/c1-9-4-3-5-12(6-9,8-15)14-11(16)10(2)7-13/h9-10,15H,3-8,13H2,1-2H3,(H,14,16). The average Bonchev–Trinajstić information content (AvgIpc) is 2.27. The van der Waals surface area contributed by atoms with Crippen LogP contribution in [0.3, 0.4) is 0 Å². The van der Waals surface area contributed by atoms with Crippen molar-refractivity contribution in [2.24, 2.45) is 17.6 Å². The Morgan fingerprint density at radius 3 is 2.88 bits per heavy atom. The topological polar surface area (TPSA) is 75.3 Å². The van der Waals surface area contributed by atoms with Crippen LogP contribution in [0.1, 0.15) is 39.5 Å². The largest absolute Gasteiger partial charge is 0.394 e. The van der Waals surface area contributed by atoms with Crippen molar-refractivity contribution in [3.8, 4) is 0 Å². The molecule has 1 aliphatic rings. The molecule has 4 heteroatoms. The Morgan fingerprint density at radius 2 is 2.38 bits per heavy atom. The van der Waals surface area contributed by atoms with Crippen LogP contribution < -0.4 is 11.1 Å². The van der Waals surface area contributed by atoms with Gasteiger partial charge in [-0.3, -0.25) is 4.79 Å². The number of nitrogens with one attached hydrogen (secondary N) is 1. The molecule has 4 N–H and O–H groups in total. The van der Waals surface area contributed by atoms with Gasteiger partial charge in [0.2, 0.25) is 5.91 Å². The summed E-state index contributed by atoms with van der Waals surface area (Å²) in [4.78, 5) is 11.8. The molecule has 0 aliphatic heterocycles. The normalized spacial score (nSPS) is 32.1. The first-order valence-electron chi connectivity index (χ1n) is 6.16. The van der Waals surface area contributed by atoms with Gasteiger partial charge in [0.05, 0.1) is 12.1 Å². The number of hydrogen-bond donors (Lipinski definition) is 3. The molecule has 0 aromatic heterocycles. The summed E-state index contributed by atoms with van der Waals surface area (Å²) in [5.41, 5.74) is 5.06. The van der Waals surface area contributed by atoms with Crippen LogP contribution in [-0.2, 0) is 4.79 Å². The van der Waals surface area contributed by atoms with E-state index < -0.39 is 5.54 Å². The van der Waals surface area contributed by atoms with Crippen LogP contribution in [0.5, 0.6) is 0 Å². The summed E-state index contributed by atoms with van der Waals surface area (Å²) in [6.07, 6.45) is 3.99. The van der Waals surface area contributed by atoms with E-state index in [9.17, 15) is 9.90 Å². The first kappa shape index (κ1) is 13.5. The van der Waals surface area contributed by atoms with Crippen molar-refractivity contribution in [3.63, 3.8) is 0 Å². The summed E-state index contributed by atoms with van der Waals surface area (Å²) in [7, 11) is 0. The Hall–Kier alpha value is -0.610. The van der Waals surface area contributed by atoms with Crippen LogP contribution in [0.4, 0.5) is 0 Å². The van der Waals surface area contributed by atoms with Gasteiger partial charge in [-0.1, -0.05) is 26.7 Å². The van der Waals surface area contributed by atoms with E-state index in [4.69, 9.17) is 5.73 Å². The van der Waals surface area contributed by atoms with E-state index in [0.29, 0.717) is 12.5 Å². The molecule has 1 aliphatic carbocycles. The van der Waals surface area contributed by atoms with Crippen LogP contribution in [-0.4, -0.2) is 29.7 Å². The molecule has 94 valence electrons. The van der Waals surface area contributed by atoms with E-state index in [1.165, 1.54) is 6.42 Å². The second-order valence-electron chi connectivity index (χ2n) is 5.27. The summed E-state index contributed by atoms with van der Waals surface area (Å²) < 4.78 is 0. The molecule has 0 saturated heterocycles. The van der Waals surface area contributed by atoms with Crippen molar-refractivity contribution in [2.45, 2.75) is 45.1 Å². The number of nitrogens with two attached hydrogens (primary N) is 1. The highest BCUT2D eigenvalue weighted by Crippen LogP contribution is 2.32. The monoisotopic (exact) mass is 228 g/mol. The van der Waals surface area contributed by atoms with E-state index in [1.807, 2.05) is 6.92 Å². The third-order valence-electron chi connectivity index (χ3n) is 3.58. The zero-order chi connectivity index (χ0) is 12.2. The van der Waals surface area contributed by atoms with Gasteiger partial charge in [0.1, 0.15) is 0 Å². The number of hydrogen-bond acceptors (Lipinski definition) is 3. The first-order valence-corrected chi connectivity index (χ1v) is 6.16. The van der Waals surface area contributed by atoms with Crippen LogP contribution in [0.15, 0.2) is 0 Å². The molecule has 3 atom stereocenters. The van der Waals surface area contributed by atoms with E-state index in [0.717, 1.165) is 19.3 Å². The molecular formula is C12H24N2O2. The van der Waals surface area contributed by atoms with Gasteiger partial charge in [0.15, 0.2) is 0 Å². The fourth-order valence-electron chi connectivity index (χ4n) is 2.45. The molecule has 16 heavy (non-hydrogen) atoms. The van der Waals surface area contributed by atoms with Crippen LogP contribution >= 0.6 is 0 Å². The quantitative estimate of drug-likeness (QED) is 0.661. The number of aliphatic hydroxyl groups is 1. The number of amides is 1. The fourth-order valence-corrected chi connectivity index (χ4v) is 2.45. The highest BCUT2D eigenvalue weighted by molar-refractivity contribution is 5.79. The van der Waals surface area contributed by atoms with Crippen molar-refractivity contribution in [2.75, 3.05) is 13.2 Å². The van der Waals surface area contributed by atoms with E-state index in [-0.39, 0.29) is 18.4 Å². The molecule has 4 nitrogen and oxygen atoms in total. The van der Waals surface area contributed by atoms with Gasteiger partial charge in [0, 0.05) is 12.5 Å². The minimum Gasteiger partial charge on any atom is -0.394 e. The molecule has 1 rings (SSSR count). The van der Waals surface area contributed by atoms with Gasteiger partial charge in [-0.2, -0.15) is 0 Å². The molecule has 0 aromatic rings. The Morgan fingerprint density at radius 1 is 1.69 bits per heavy atom. The Balaban J connectivity index is 2.62. The van der Waals surface area contributed by atoms with Gasteiger partial charge < -0.3 is 16.2 Å². The van der Waals surface area contributed by atoms with Gasteiger partial charge in [-0.15, -0.1) is 0 Å². The zero-order valence-electron chi connectivity index (χ0n) is 10.3. The number of carbonyl (C=O) groups excluding carboxylic acids is 1. The highest BCUT2D eigenvalue weighted by Gasteiger charge is 2.36. The molecule has 0 spiro atoms. The summed E-state index contributed by atoms with van der Waals surface area (Å²) in [5, 5.41) is 12.5. The predicted molar refractivity (Wildman–Crippen MR) is 63.8 cm³/mol. The predicted octanol–water partition coefficient (Wildman–Crippen LogP) is 0.639. The van der Waals surface area contributed by atoms with Crippen molar-refractivity contribution in [1.82, 2.24) is 5.32 Å². The highest BCUT2D eigenvalue weighted by atomic mass is 16.3. The fraction of sp³-hybridized carbons (Fsp3) is 0.917. The lowest BCUT2D eigenvalue weighted by atomic mass is 9.76. The minimum absolute atomic E-state index is 0.0281. The molecule has 0 bridgehead atoms. The van der Waals surface area contributed by atoms with Gasteiger partial charge in [0.25, 0.3) is 0 Å². The van der Waals surface area contributed by atoms with Crippen LogP contribution in [0.25, 0.3) is 0 Å². The average molecular weight is 228 g/mol. The maximum absolute atomic E-state index is 11.8. The lowest BCUT2D eigenvalue weighted by Gasteiger charge is -2.40. The summed E-state index contributed by atoms with van der Waals surface area (Å²) >= 11 is 0. The molecule has 1 saturated carbocycles. The number of carbonyl (C=O) groups is 1. The summed E-state index contributed by atoms with van der Waals surface area (Å²) in [6, 6.07) is 0. The van der Waals surface area contributed by atoms with E-state index in [2.05, 4.69) is 12.2 Å².